The molecule has 0 aliphatic carbocycles. The molecule has 0 amide bonds. The molecule has 0 rings (SSSR count). The average Bonchev–Trinajstić information content (AvgIpc) is 2.70. The molecule has 0 saturated carbocycles. The molecule has 0 spiro atoms. The summed E-state index contributed by atoms with van der Waals surface area (Å²) in [5, 5.41) is 20.3. The van der Waals surface area contributed by atoms with Gasteiger partial charge in [-0.1, -0.05) is 62.3 Å². The number of hydrogen-bond acceptors (Lipinski definition) is 6. The number of ether oxygens (including phenoxy) is 2. The van der Waals surface area contributed by atoms with Crippen LogP contribution in [0.2, 0.25) is 0 Å². The van der Waals surface area contributed by atoms with E-state index in [-0.39, 0.29) is 23.4 Å². The van der Waals surface area contributed by atoms with E-state index in [9.17, 15) is 29.4 Å². The fraction of sp³-hybridized carbons (Fsp3) is 0.852. The number of rotatable bonds is 16. The van der Waals surface area contributed by atoms with E-state index in [4.69, 9.17) is 9.47 Å². The van der Waals surface area contributed by atoms with Crippen molar-refractivity contribution >= 4 is 31.8 Å². The Balaban J connectivity index is 6.52. The van der Waals surface area contributed by atoms with Crippen LogP contribution < -0.4 is 0 Å². The van der Waals surface area contributed by atoms with E-state index in [1.807, 2.05) is 62.3 Å². The lowest BCUT2D eigenvalue weighted by molar-refractivity contribution is -0.163. The molecular weight excluding hydrogens is 463 g/mol. The lowest BCUT2D eigenvalue weighted by Gasteiger charge is -2.50. The van der Waals surface area contributed by atoms with Crippen LogP contribution in [0.3, 0.4) is 0 Å². The van der Waals surface area contributed by atoms with E-state index < -0.39 is 58.6 Å². The zero-order valence-corrected chi connectivity index (χ0v) is 24.4. The lowest BCUT2D eigenvalue weighted by atomic mass is 9.55. The highest BCUT2D eigenvalue weighted by molar-refractivity contribution is 6.58. The average molecular weight is 512 g/mol. The third-order valence-electron chi connectivity index (χ3n) is 8.19. The van der Waals surface area contributed by atoms with Gasteiger partial charge in [0.05, 0.1) is 29.7 Å². The van der Waals surface area contributed by atoms with E-state index >= 15 is 0 Å². The highest BCUT2D eigenvalue weighted by atomic mass is 16.5. The minimum absolute atomic E-state index is 0.206. The van der Waals surface area contributed by atoms with Crippen molar-refractivity contribution in [1.29, 1.82) is 0 Å². The van der Waals surface area contributed by atoms with Crippen LogP contribution >= 0.6 is 0 Å². The lowest BCUT2D eigenvalue weighted by Crippen LogP contribution is -2.52. The molecule has 6 unspecified atom stereocenters. The predicted molar refractivity (Wildman–Crippen MR) is 142 cm³/mol. The monoisotopic (exact) mass is 512 g/mol. The first-order valence-corrected chi connectivity index (χ1v) is 12.7. The molecule has 6 atom stereocenters. The summed E-state index contributed by atoms with van der Waals surface area (Å²) in [6.45, 7) is 17.0. The molecule has 0 aromatic carbocycles. The van der Waals surface area contributed by atoms with Crippen molar-refractivity contribution in [3.63, 3.8) is 0 Å². The van der Waals surface area contributed by atoms with E-state index in [2.05, 4.69) is 0 Å². The fourth-order valence-corrected chi connectivity index (χ4v) is 5.46. The van der Waals surface area contributed by atoms with Gasteiger partial charge in [0.15, 0.2) is 7.85 Å². The van der Waals surface area contributed by atoms with Crippen LogP contribution in [-0.2, 0) is 28.7 Å². The molecule has 0 bridgehead atoms. The normalized spacial score (nSPS) is 18.1. The zero-order valence-electron chi connectivity index (χ0n) is 24.4. The maximum Gasteiger partial charge on any atom is 0.309 e. The highest BCUT2D eigenvalue weighted by Gasteiger charge is 2.53. The maximum absolute atomic E-state index is 12.5. The smallest absolute Gasteiger partial charge is 0.309 e. The number of aliphatic carboxylic acids is 2. The standard InChI is InChI=1S/C27H49BO8/c1-15(2)19(22(28)30)21(24(33)34)18(36-11)13-26(6,7)27(8,9)16(14-29)20(23(31)32)17(35-10)12-25(3,4)5/h14-21H,12-13,28H2,1-11H3,(H,31,32)(H,33,34). The molecule has 8 nitrogen and oxygen atoms in total. The van der Waals surface area contributed by atoms with E-state index in [0.717, 1.165) is 0 Å². The van der Waals surface area contributed by atoms with Gasteiger partial charge in [-0.25, -0.2) is 0 Å². The molecular formula is C27H49BO8. The SMILES string of the molecule is BC(=O)C(C(C)C)C(C(=O)O)C(CC(C)(C)C(C)(C)C(C=O)C(C(=O)O)C(CC(C)(C)C)OC)OC. The Kier molecular flexibility index (Phi) is 12.5. The van der Waals surface area contributed by atoms with Crippen molar-refractivity contribution in [3.8, 4) is 0 Å². The minimum atomic E-state index is -1.12. The van der Waals surface area contributed by atoms with Gasteiger partial charge in [-0.05, 0) is 35.0 Å². The Bertz CT molecular complexity index is 768. The van der Waals surface area contributed by atoms with Gasteiger partial charge in [0.1, 0.15) is 6.29 Å². The molecule has 0 saturated heterocycles. The third-order valence-corrected chi connectivity index (χ3v) is 8.19. The second kappa shape index (κ2) is 13.2. The number of carboxylic acids is 2. The molecule has 0 aromatic rings. The van der Waals surface area contributed by atoms with Crippen LogP contribution in [0.1, 0.15) is 75.2 Å². The van der Waals surface area contributed by atoms with Gasteiger partial charge in [0.2, 0.25) is 0 Å². The summed E-state index contributed by atoms with van der Waals surface area (Å²) >= 11 is 0. The van der Waals surface area contributed by atoms with Crippen LogP contribution in [0.4, 0.5) is 0 Å². The molecule has 0 aliphatic rings. The van der Waals surface area contributed by atoms with Crippen LogP contribution in [0.25, 0.3) is 0 Å². The molecule has 0 fully saturated rings. The fourth-order valence-electron chi connectivity index (χ4n) is 5.46. The first kappa shape index (κ1) is 34.3. The van der Waals surface area contributed by atoms with Gasteiger partial charge < -0.3 is 29.3 Å². The Morgan fingerprint density at radius 3 is 1.50 bits per heavy atom. The van der Waals surface area contributed by atoms with Crippen molar-refractivity contribution in [2.45, 2.75) is 87.4 Å². The summed E-state index contributed by atoms with van der Waals surface area (Å²) in [7, 11) is 4.27. The zero-order chi connectivity index (χ0) is 28.8. The summed E-state index contributed by atoms with van der Waals surface area (Å²) in [6.07, 6.45) is -0.176. The Morgan fingerprint density at radius 1 is 0.806 bits per heavy atom. The topological polar surface area (TPSA) is 127 Å². The van der Waals surface area contributed by atoms with Gasteiger partial charge in [0, 0.05) is 26.1 Å². The van der Waals surface area contributed by atoms with Gasteiger partial charge in [-0.3, -0.25) is 9.59 Å². The largest absolute Gasteiger partial charge is 0.481 e. The Morgan fingerprint density at radius 2 is 1.22 bits per heavy atom. The van der Waals surface area contributed by atoms with E-state index in [1.54, 1.807) is 0 Å². The number of aldehydes is 1. The molecule has 9 heteroatoms. The summed E-state index contributed by atoms with van der Waals surface area (Å²) in [4.78, 5) is 49.8. The van der Waals surface area contributed by atoms with Crippen molar-refractivity contribution < 1.29 is 38.9 Å². The molecule has 0 heterocycles. The Labute approximate surface area is 218 Å². The quantitative estimate of drug-likeness (QED) is 0.238. The van der Waals surface area contributed by atoms with Gasteiger partial charge in [-0.15, -0.1) is 0 Å². The Hall–Kier alpha value is -1.74. The summed E-state index contributed by atoms with van der Waals surface area (Å²) in [6, 6.07) is 0. The van der Waals surface area contributed by atoms with Crippen LogP contribution in [0.15, 0.2) is 0 Å². The second-order valence-corrected chi connectivity index (χ2v) is 12.9. The van der Waals surface area contributed by atoms with Crippen molar-refractivity contribution in [1.82, 2.24) is 0 Å². The molecule has 0 radical (unpaired) electrons. The highest BCUT2D eigenvalue weighted by Crippen LogP contribution is 2.51. The predicted octanol–water partition coefficient (Wildman–Crippen LogP) is 3.54. The van der Waals surface area contributed by atoms with Crippen LogP contribution in [0, 0.1) is 45.8 Å². The van der Waals surface area contributed by atoms with Crippen LogP contribution in [0.5, 0.6) is 0 Å². The molecule has 208 valence electrons. The minimum Gasteiger partial charge on any atom is -0.481 e. The molecule has 0 aliphatic heterocycles. The molecule has 2 N–H and O–H groups in total. The second-order valence-electron chi connectivity index (χ2n) is 12.9. The summed E-state index contributed by atoms with van der Waals surface area (Å²) < 4.78 is 11.3. The summed E-state index contributed by atoms with van der Waals surface area (Å²) in [5.74, 6) is -6.30. The first-order chi connectivity index (χ1) is 16.2. The number of carboxylic acid groups (broad SMARTS) is 2. The third kappa shape index (κ3) is 8.40. The summed E-state index contributed by atoms with van der Waals surface area (Å²) in [5.41, 5.74) is -2.09. The number of hydrogen-bond donors (Lipinski definition) is 2. The van der Waals surface area contributed by atoms with Crippen molar-refractivity contribution in [2.75, 3.05) is 14.2 Å². The number of carbonyl (C=O) groups is 4. The molecule has 0 aromatic heterocycles. The van der Waals surface area contributed by atoms with E-state index in [0.29, 0.717) is 12.7 Å². The van der Waals surface area contributed by atoms with E-state index in [1.165, 1.54) is 22.1 Å². The maximum atomic E-state index is 12.5. The van der Waals surface area contributed by atoms with Crippen LogP contribution in [-0.4, -0.2) is 68.4 Å². The van der Waals surface area contributed by atoms with Gasteiger partial charge in [-0.2, -0.15) is 0 Å². The van der Waals surface area contributed by atoms with Crippen molar-refractivity contribution in [3.05, 3.63) is 0 Å². The van der Waals surface area contributed by atoms with Gasteiger partial charge in [0.25, 0.3) is 0 Å². The van der Waals surface area contributed by atoms with Gasteiger partial charge >= 0.3 is 11.9 Å². The number of carbonyl (C=O) groups excluding carboxylic acids is 2. The van der Waals surface area contributed by atoms with Crippen molar-refractivity contribution in [2.24, 2.45) is 45.8 Å². The first-order valence-electron chi connectivity index (χ1n) is 12.7. The number of methoxy groups -OCH3 is 2. The molecule has 36 heavy (non-hydrogen) atoms.